The highest BCUT2D eigenvalue weighted by molar-refractivity contribution is 6.26. The molecular formula is C11H16ClNO2. The molecule has 0 aromatic heterocycles. The summed E-state index contributed by atoms with van der Waals surface area (Å²) in [7, 11) is 0. The predicted octanol–water partition coefficient (Wildman–Crippen LogP) is 2.54. The van der Waals surface area contributed by atoms with Crippen molar-refractivity contribution >= 4 is 23.8 Å². The summed E-state index contributed by atoms with van der Waals surface area (Å²) in [5, 5.41) is 0. The average Bonchev–Trinajstić information content (AvgIpc) is 2.76. The Kier molecular flexibility index (Phi) is 3.91. The van der Waals surface area contributed by atoms with Crippen molar-refractivity contribution in [3.05, 3.63) is 11.6 Å². The Hall–Kier alpha value is -0.830. The van der Waals surface area contributed by atoms with E-state index in [4.69, 9.17) is 16.3 Å². The van der Waals surface area contributed by atoms with Crippen molar-refractivity contribution in [2.45, 2.75) is 32.2 Å². The minimum atomic E-state index is -0.485. The number of carbonyl (C=O) groups is 1. The molecule has 3 nitrogen and oxygen atoms in total. The fourth-order valence-electron chi connectivity index (χ4n) is 1.19. The van der Waals surface area contributed by atoms with Crippen LogP contribution in [0.5, 0.6) is 0 Å². The molecule has 0 amide bonds. The van der Waals surface area contributed by atoms with Crippen LogP contribution in [0.25, 0.3) is 0 Å². The van der Waals surface area contributed by atoms with Gasteiger partial charge in [0.05, 0.1) is 12.2 Å². The van der Waals surface area contributed by atoms with Crippen LogP contribution >= 0.6 is 11.6 Å². The summed E-state index contributed by atoms with van der Waals surface area (Å²) in [6.07, 6.45) is 4.05. The van der Waals surface area contributed by atoms with E-state index < -0.39 is 5.00 Å². The molecule has 84 valence electrons. The fraction of sp³-hybridized carbons (Fsp3) is 0.636. The van der Waals surface area contributed by atoms with Gasteiger partial charge in [0.25, 0.3) is 0 Å². The molecule has 0 aromatic rings. The quantitative estimate of drug-likeness (QED) is 0.244. The first-order chi connectivity index (χ1) is 7.03. The van der Waals surface area contributed by atoms with Gasteiger partial charge in [0, 0.05) is 6.21 Å². The molecule has 1 saturated carbocycles. The van der Waals surface area contributed by atoms with Crippen molar-refractivity contribution in [1.82, 2.24) is 0 Å². The molecule has 15 heavy (non-hydrogen) atoms. The zero-order valence-corrected chi connectivity index (χ0v) is 10.0. The molecular weight excluding hydrogens is 214 g/mol. The number of ether oxygens (including phenoxy) is 1. The zero-order chi connectivity index (χ0) is 11.5. The molecule has 2 unspecified atom stereocenters. The third-order valence-electron chi connectivity index (χ3n) is 2.43. The van der Waals surface area contributed by atoms with E-state index >= 15 is 0 Å². The van der Waals surface area contributed by atoms with Gasteiger partial charge in [-0.3, -0.25) is 4.99 Å². The maximum Gasteiger partial charge on any atom is 0.339 e. The van der Waals surface area contributed by atoms with E-state index in [1.54, 1.807) is 19.9 Å². The highest BCUT2D eigenvalue weighted by atomic mass is 35.5. The molecule has 0 radical (unpaired) electrons. The number of rotatable bonds is 4. The summed E-state index contributed by atoms with van der Waals surface area (Å²) >= 11 is 6.10. The van der Waals surface area contributed by atoms with Crippen LogP contribution in [0, 0.1) is 5.92 Å². The number of carbonyl (C=O) groups excluding carboxylic acids is 1. The zero-order valence-electron chi connectivity index (χ0n) is 9.29. The monoisotopic (exact) mass is 229 g/mol. The topological polar surface area (TPSA) is 38.7 Å². The largest absolute Gasteiger partial charge is 0.462 e. The third-order valence-corrected chi connectivity index (χ3v) is 3.05. The van der Waals surface area contributed by atoms with Crippen LogP contribution in [0.3, 0.4) is 0 Å². The van der Waals surface area contributed by atoms with Crippen molar-refractivity contribution in [2.24, 2.45) is 10.9 Å². The number of hydrogen-bond donors (Lipinski definition) is 0. The van der Waals surface area contributed by atoms with Crippen LogP contribution in [0.1, 0.15) is 27.2 Å². The molecule has 0 heterocycles. The summed E-state index contributed by atoms with van der Waals surface area (Å²) in [6.45, 7) is 5.94. The van der Waals surface area contributed by atoms with Gasteiger partial charge in [-0.15, -0.1) is 0 Å². The normalized spacial score (nSPS) is 30.7. The number of allylic oxidation sites excluding steroid dienone is 1. The molecule has 0 aliphatic heterocycles. The minimum Gasteiger partial charge on any atom is -0.462 e. The summed E-state index contributed by atoms with van der Waals surface area (Å²) in [6, 6.07) is 0. The SMILES string of the molecule is C/C=C(\C=N/C1(Cl)CC1C)C(=O)OCC. The van der Waals surface area contributed by atoms with E-state index in [2.05, 4.69) is 4.99 Å². The molecule has 0 bridgehead atoms. The van der Waals surface area contributed by atoms with Gasteiger partial charge in [-0.1, -0.05) is 24.6 Å². The third kappa shape index (κ3) is 3.06. The minimum absolute atomic E-state index is 0.350. The molecule has 1 aliphatic rings. The second-order valence-corrected chi connectivity index (χ2v) is 4.30. The lowest BCUT2D eigenvalue weighted by molar-refractivity contribution is -0.137. The molecule has 1 fully saturated rings. The van der Waals surface area contributed by atoms with E-state index in [-0.39, 0.29) is 5.97 Å². The second kappa shape index (κ2) is 4.79. The first-order valence-electron chi connectivity index (χ1n) is 5.11. The van der Waals surface area contributed by atoms with Gasteiger partial charge in [-0.2, -0.15) is 0 Å². The van der Waals surface area contributed by atoms with Gasteiger partial charge in [-0.05, 0) is 26.2 Å². The standard InChI is InChI=1S/C11H16ClNO2/c1-4-9(10(14)15-5-2)7-13-11(12)6-8(11)3/h4,7-8H,5-6H2,1-3H3/b9-4+,13-7-. The first kappa shape index (κ1) is 12.2. The Bertz CT molecular complexity index is 312. The van der Waals surface area contributed by atoms with Crippen LogP contribution in [0.2, 0.25) is 0 Å². The molecule has 2 atom stereocenters. The summed E-state index contributed by atoms with van der Waals surface area (Å²) in [4.78, 5) is 15.1. The van der Waals surface area contributed by atoms with Crippen molar-refractivity contribution in [3.63, 3.8) is 0 Å². The van der Waals surface area contributed by atoms with Crippen LogP contribution < -0.4 is 0 Å². The lowest BCUT2D eigenvalue weighted by atomic mass is 10.3. The molecule has 0 N–H and O–H groups in total. The number of aliphatic imine (C=N–C) groups is 1. The van der Waals surface area contributed by atoms with Crippen molar-refractivity contribution in [1.29, 1.82) is 0 Å². The average molecular weight is 230 g/mol. The van der Waals surface area contributed by atoms with Gasteiger partial charge in [-0.25, -0.2) is 4.79 Å². The number of hydrogen-bond acceptors (Lipinski definition) is 3. The van der Waals surface area contributed by atoms with Crippen LogP contribution in [0.15, 0.2) is 16.6 Å². The molecule has 0 aromatic carbocycles. The number of alkyl halides is 1. The second-order valence-electron chi connectivity index (χ2n) is 3.65. The molecule has 1 rings (SSSR count). The molecule has 0 saturated heterocycles. The molecule has 0 spiro atoms. The maximum atomic E-state index is 11.4. The lowest BCUT2D eigenvalue weighted by Crippen LogP contribution is -2.09. The van der Waals surface area contributed by atoms with Crippen molar-refractivity contribution in [2.75, 3.05) is 6.61 Å². The summed E-state index contributed by atoms with van der Waals surface area (Å²) in [5.41, 5.74) is 0.455. The number of nitrogens with zero attached hydrogens (tertiary/aromatic N) is 1. The van der Waals surface area contributed by atoms with Gasteiger partial charge in [0.2, 0.25) is 0 Å². The van der Waals surface area contributed by atoms with Gasteiger partial charge in [0.1, 0.15) is 5.00 Å². The van der Waals surface area contributed by atoms with Crippen LogP contribution in [-0.4, -0.2) is 23.8 Å². The van der Waals surface area contributed by atoms with Gasteiger partial charge < -0.3 is 4.74 Å². The van der Waals surface area contributed by atoms with Gasteiger partial charge >= 0.3 is 5.97 Å². The highest BCUT2D eigenvalue weighted by Crippen LogP contribution is 2.50. The summed E-state index contributed by atoms with van der Waals surface area (Å²) in [5.74, 6) is 0.0352. The Balaban J connectivity index is 2.59. The van der Waals surface area contributed by atoms with Crippen LogP contribution in [-0.2, 0) is 9.53 Å². The van der Waals surface area contributed by atoms with E-state index in [0.717, 1.165) is 6.42 Å². The Morgan fingerprint density at radius 1 is 1.73 bits per heavy atom. The highest BCUT2D eigenvalue weighted by Gasteiger charge is 2.49. The van der Waals surface area contributed by atoms with Crippen molar-refractivity contribution < 1.29 is 9.53 Å². The Morgan fingerprint density at radius 2 is 2.33 bits per heavy atom. The van der Waals surface area contributed by atoms with E-state index in [1.165, 1.54) is 6.21 Å². The van der Waals surface area contributed by atoms with E-state index in [1.807, 2.05) is 6.92 Å². The van der Waals surface area contributed by atoms with E-state index in [9.17, 15) is 4.79 Å². The number of halogens is 1. The Labute approximate surface area is 95.2 Å². The van der Waals surface area contributed by atoms with E-state index in [0.29, 0.717) is 18.1 Å². The smallest absolute Gasteiger partial charge is 0.339 e. The van der Waals surface area contributed by atoms with Gasteiger partial charge in [0.15, 0.2) is 0 Å². The Morgan fingerprint density at radius 3 is 2.73 bits per heavy atom. The number of esters is 1. The first-order valence-corrected chi connectivity index (χ1v) is 5.49. The summed E-state index contributed by atoms with van der Waals surface area (Å²) < 4.78 is 4.87. The predicted molar refractivity (Wildman–Crippen MR) is 61.2 cm³/mol. The van der Waals surface area contributed by atoms with Crippen LogP contribution in [0.4, 0.5) is 0 Å². The maximum absolute atomic E-state index is 11.4. The van der Waals surface area contributed by atoms with Crippen molar-refractivity contribution in [3.8, 4) is 0 Å². The fourth-order valence-corrected chi connectivity index (χ4v) is 1.47. The molecule has 1 aliphatic carbocycles. The lowest BCUT2D eigenvalue weighted by Gasteiger charge is -2.02. The molecule has 4 heteroatoms.